The molecule has 0 spiro atoms. The van der Waals surface area contributed by atoms with Gasteiger partial charge in [0.25, 0.3) is 5.91 Å². The van der Waals surface area contributed by atoms with E-state index in [-0.39, 0.29) is 17.4 Å². The van der Waals surface area contributed by atoms with Crippen molar-refractivity contribution in [2.75, 3.05) is 12.4 Å². The van der Waals surface area contributed by atoms with E-state index in [2.05, 4.69) is 36.7 Å². The van der Waals surface area contributed by atoms with Crippen LogP contribution in [0.1, 0.15) is 12.5 Å². The van der Waals surface area contributed by atoms with Crippen LogP contribution in [0.4, 0.5) is 0 Å². The van der Waals surface area contributed by atoms with Crippen molar-refractivity contribution >= 4 is 39.8 Å². The minimum absolute atomic E-state index is 0.0295. The molecule has 0 bridgehead atoms. The number of nitrogens with zero attached hydrogens (tertiary/aromatic N) is 4. The van der Waals surface area contributed by atoms with Crippen molar-refractivity contribution in [2.45, 2.75) is 12.1 Å². The number of carbonyl (C=O) groups excluding carboxylic acids is 1. The second kappa shape index (κ2) is 11.7. The van der Waals surface area contributed by atoms with Crippen molar-refractivity contribution in [1.29, 1.82) is 0 Å². The number of hydrogen-bond donors (Lipinski definition) is 2. The summed E-state index contributed by atoms with van der Waals surface area (Å²) < 4.78 is 8.25. The Balaban J connectivity index is 1.47. The zero-order valence-electron chi connectivity index (χ0n) is 18.8. The highest BCUT2D eigenvalue weighted by Gasteiger charge is 2.17. The summed E-state index contributed by atoms with van der Waals surface area (Å²) in [6.45, 7) is 2.26. The largest absolute Gasteiger partial charge is 0.504 e. The van der Waals surface area contributed by atoms with Gasteiger partial charge in [-0.2, -0.15) is 5.10 Å². The fraction of sp³-hybridized carbons (Fsp3) is 0.120. The number of halogens is 1. The third-order valence-electron chi connectivity index (χ3n) is 4.81. The number of aromatic hydroxyl groups is 1. The van der Waals surface area contributed by atoms with Crippen LogP contribution in [0, 0.1) is 0 Å². The van der Waals surface area contributed by atoms with E-state index in [0.29, 0.717) is 28.9 Å². The summed E-state index contributed by atoms with van der Waals surface area (Å²) in [7, 11) is 0. The molecule has 0 atom stereocenters. The molecule has 8 nitrogen and oxygen atoms in total. The van der Waals surface area contributed by atoms with Crippen LogP contribution in [0.15, 0.2) is 87.5 Å². The molecule has 1 heterocycles. The summed E-state index contributed by atoms with van der Waals surface area (Å²) in [6, 6.07) is 22.6. The van der Waals surface area contributed by atoms with Gasteiger partial charge in [-0.05, 0) is 43.3 Å². The third-order valence-corrected chi connectivity index (χ3v) is 6.26. The number of phenols is 1. The van der Waals surface area contributed by atoms with Gasteiger partial charge in [0.15, 0.2) is 22.5 Å². The summed E-state index contributed by atoms with van der Waals surface area (Å²) in [4.78, 5) is 12.4. The Kier molecular flexibility index (Phi) is 8.17. The van der Waals surface area contributed by atoms with E-state index < -0.39 is 0 Å². The molecule has 0 saturated heterocycles. The number of rotatable bonds is 9. The van der Waals surface area contributed by atoms with E-state index in [9.17, 15) is 9.90 Å². The van der Waals surface area contributed by atoms with Gasteiger partial charge >= 0.3 is 0 Å². The number of hydrazone groups is 1. The maximum atomic E-state index is 12.4. The van der Waals surface area contributed by atoms with Crippen molar-refractivity contribution in [1.82, 2.24) is 20.2 Å². The lowest BCUT2D eigenvalue weighted by molar-refractivity contribution is -0.118. The van der Waals surface area contributed by atoms with E-state index in [1.165, 1.54) is 18.0 Å². The van der Waals surface area contributed by atoms with Crippen molar-refractivity contribution in [3.8, 4) is 28.6 Å². The minimum atomic E-state index is -0.320. The second-order valence-electron chi connectivity index (χ2n) is 7.19. The molecule has 0 aliphatic heterocycles. The molecule has 178 valence electrons. The van der Waals surface area contributed by atoms with E-state index in [0.717, 1.165) is 15.7 Å². The quantitative estimate of drug-likeness (QED) is 0.171. The highest BCUT2D eigenvalue weighted by molar-refractivity contribution is 9.10. The van der Waals surface area contributed by atoms with Crippen LogP contribution >= 0.6 is 27.7 Å². The van der Waals surface area contributed by atoms with E-state index in [4.69, 9.17) is 4.74 Å². The molecular weight excluding hydrogens is 530 g/mol. The average molecular weight is 552 g/mol. The monoisotopic (exact) mass is 551 g/mol. The molecule has 4 aromatic rings. The van der Waals surface area contributed by atoms with Crippen LogP contribution in [0.25, 0.3) is 17.1 Å². The normalized spacial score (nSPS) is 11.0. The van der Waals surface area contributed by atoms with Crippen LogP contribution in [0.2, 0.25) is 0 Å². The molecule has 0 radical (unpaired) electrons. The first-order valence-corrected chi connectivity index (χ1v) is 12.5. The number of amides is 1. The van der Waals surface area contributed by atoms with Gasteiger partial charge in [-0.25, -0.2) is 5.43 Å². The Morgan fingerprint density at radius 1 is 1.11 bits per heavy atom. The Morgan fingerprint density at radius 2 is 1.89 bits per heavy atom. The Morgan fingerprint density at radius 3 is 2.63 bits per heavy atom. The lowest BCUT2D eigenvalue weighted by Gasteiger charge is -2.10. The minimum Gasteiger partial charge on any atom is -0.504 e. The molecular formula is C25H22BrN5O3S. The standard InChI is InChI=1S/C25H22BrN5O3S/c1-2-34-21-10-6-7-18(23(21)33)15-27-28-22(32)16-35-25-30-29-24(17-11-13-19(26)14-12-17)31(25)20-8-4-3-5-9-20/h3-15,33H,2,16H2,1H3,(H,28,32). The van der Waals surface area contributed by atoms with Crippen molar-refractivity contribution < 1.29 is 14.6 Å². The predicted molar refractivity (Wildman–Crippen MR) is 140 cm³/mol. The molecule has 1 amide bonds. The van der Waals surface area contributed by atoms with Gasteiger partial charge in [0.05, 0.1) is 18.6 Å². The zero-order valence-corrected chi connectivity index (χ0v) is 21.2. The summed E-state index contributed by atoms with van der Waals surface area (Å²) in [6.07, 6.45) is 1.37. The van der Waals surface area contributed by atoms with E-state index in [1.807, 2.05) is 66.1 Å². The molecule has 10 heteroatoms. The van der Waals surface area contributed by atoms with Crippen LogP contribution in [-0.4, -0.2) is 44.4 Å². The highest BCUT2D eigenvalue weighted by atomic mass is 79.9. The topological polar surface area (TPSA) is 102 Å². The van der Waals surface area contributed by atoms with Crippen LogP contribution in [0.5, 0.6) is 11.5 Å². The molecule has 0 aliphatic rings. The van der Waals surface area contributed by atoms with Crippen LogP contribution in [0.3, 0.4) is 0 Å². The molecule has 0 fully saturated rings. The van der Waals surface area contributed by atoms with Crippen molar-refractivity contribution in [2.24, 2.45) is 5.10 Å². The molecule has 1 aromatic heterocycles. The SMILES string of the molecule is CCOc1cccc(C=NNC(=O)CSc2nnc(-c3ccc(Br)cc3)n2-c2ccccc2)c1O. The van der Waals surface area contributed by atoms with Crippen molar-refractivity contribution in [3.05, 3.63) is 82.8 Å². The first-order valence-electron chi connectivity index (χ1n) is 10.7. The predicted octanol–water partition coefficient (Wildman–Crippen LogP) is 5.04. The van der Waals surface area contributed by atoms with E-state index in [1.54, 1.807) is 18.2 Å². The third kappa shape index (κ3) is 6.09. The number of ether oxygens (including phenoxy) is 1. The Bertz CT molecular complexity index is 1330. The number of thioether (sulfide) groups is 1. The molecule has 4 rings (SSSR count). The highest BCUT2D eigenvalue weighted by Crippen LogP contribution is 2.29. The zero-order chi connectivity index (χ0) is 24.6. The van der Waals surface area contributed by atoms with Crippen LogP contribution in [-0.2, 0) is 4.79 Å². The summed E-state index contributed by atoms with van der Waals surface area (Å²) >= 11 is 4.71. The maximum Gasteiger partial charge on any atom is 0.250 e. The first kappa shape index (κ1) is 24.5. The number of aromatic nitrogens is 3. The van der Waals surface area contributed by atoms with E-state index >= 15 is 0 Å². The summed E-state index contributed by atoms with van der Waals surface area (Å²) in [5.74, 6) is 0.764. The Labute approximate surface area is 215 Å². The number of hydrogen-bond acceptors (Lipinski definition) is 7. The lowest BCUT2D eigenvalue weighted by atomic mass is 10.2. The van der Waals surface area contributed by atoms with Gasteiger partial charge in [0.1, 0.15) is 0 Å². The first-order chi connectivity index (χ1) is 17.1. The maximum absolute atomic E-state index is 12.4. The van der Waals surface area contributed by atoms with Gasteiger partial charge in [0.2, 0.25) is 0 Å². The number of nitrogens with one attached hydrogen (secondary N) is 1. The number of para-hydroxylation sites is 2. The fourth-order valence-corrected chi connectivity index (χ4v) is 4.22. The molecule has 0 aliphatic carbocycles. The average Bonchev–Trinajstić information content (AvgIpc) is 3.30. The van der Waals surface area contributed by atoms with Gasteiger partial charge < -0.3 is 9.84 Å². The molecule has 3 aromatic carbocycles. The molecule has 35 heavy (non-hydrogen) atoms. The molecule has 0 saturated carbocycles. The smallest absolute Gasteiger partial charge is 0.250 e. The number of benzene rings is 3. The van der Waals surface area contributed by atoms with Gasteiger partial charge in [-0.1, -0.05) is 64.1 Å². The van der Waals surface area contributed by atoms with Gasteiger partial charge in [-0.3, -0.25) is 9.36 Å². The lowest BCUT2D eigenvalue weighted by Crippen LogP contribution is -2.20. The van der Waals surface area contributed by atoms with Gasteiger partial charge in [0, 0.05) is 21.3 Å². The van der Waals surface area contributed by atoms with Gasteiger partial charge in [-0.15, -0.1) is 10.2 Å². The molecule has 0 unspecified atom stereocenters. The number of carbonyl (C=O) groups is 1. The van der Waals surface area contributed by atoms with Crippen molar-refractivity contribution in [3.63, 3.8) is 0 Å². The number of phenolic OH excluding ortho intramolecular Hbond substituents is 1. The summed E-state index contributed by atoms with van der Waals surface area (Å²) in [5.41, 5.74) is 4.71. The second-order valence-corrected chi connectivity index (χ2v) is 9.05. The summed E-state index contributed by atoms with van der Waals surface area (Å²) in [5, 5.41) is 23.5. The molecule has 2 N–H and O–H groups in total. The fourth-order valence-electron chi connectivity index (χ4n) is 3.21. The Hall–Kier alpha value is -3.63. The van der Waals surface area contributed by atoms with Crippen LogP contribution < -0.4 is 10.2 Å².